The molecule has 0 aromatic heterocycles. The lowest BCUT2D eigenvalue weighted by Crippen LogP contribution is -2.45. The first-order valence-electron chi connectivity index (χ1n) is 9.21. The summed E-state index contributed by atoms with van der Waals surface area (Å²) in [5.41, 5.74) is 1.73. The Labute approximate surface area is 167 Å². The number of hydrogen-bond acceptors (Lipinski definition) is 4. The molecule has 1 aromatic rings. The molecule has 0 saturated heterocycles. The third-order valence-corrected chi connectivity index (χ3v) is 5.78. The van der Waals surface area contributed by atoms with Gasteiger partial charge in [-0.05, 0) is 65.7 Å². The molecule has 1 aromatic carbocycles. The van der Waals surface area contributed by atoms with E-state index in [1.165, 1.54) is 6.42 Å². The molecule has 1 heterocycles. The van der Waals surface area contributed by atoms with E-state index < -0.39 is 6.04 Å². The summed E-state index contributed by atoms with van der Waals surface area (Å²) in [7, 11) is 1.59. The molecule has 1 aliphatic carbocycles. The second kappa shape index (κ2) is 8.33. The highest BCUT2D eigenvalue weighted by Gasteiger charge is 2.34. The van der Waals surface area contributed by atoms with E-state index in [0.29, 0.717) is 22.9 Å². The van der Waals surface area contributed by atoms with Gasteiger partial charge < -0.3 is 20.1 Å². The van der Waals surface area contributed by atoms with Gasteiger partial charge in [-0.15, -0.1) is 0 Å². The van der Waals surface area contributed by atoms with Crippen molar-refractivity contribution in [2.45, 2.75) is 51.7 Å². The molecule has 0 unspecified atom stereocenters. The van der Waals surface area contributed by atoms with Crippen LogP contribution in [0.4, 0.5) is 4.79 Å². The lowest BCUT2D eigenvalue weighted by molar-refractivity contribution is -0.146. The fourth-order valence-electron chi connectivity index (χ4n) is 3.78. The Kier molecular flexibility index (Phi) is 6.09. The molecule has 3 atom stereocenters. The molecule has 2 N–H and O–H groups in total. The van der Waals surface area contributed by atoms with Crippen molar-refractivity contribution in [3.8, 4) is 5.75 Å². The zero-order valence-corrected chi connectivity index (χ0v) is 17.4. The molecule has 1 saturated carbocycles. The van der Waals surface area contributed by atoms with Crippen molar-refractivity contribution in [1.82, 2.24) is 10.6 Å². The molecule has 1 aliphatic heterocycles. The average molecular weight is 437 g/mol. The number of halogens is 1. The van der Waals surface area contributed by atoms with Crippen LogP contribution in [0.25, 0.3) is 0 Å². The summed E-state index contributed by atoms with van der Waals surface area (Å²) >= 11 is 3.46. The summed E-state index contributed by atoms with van der Waals surface area (Å²) in [6.07, 6.45) is 3.96. The first-order chi connectivity index (χ1) is 12.9. The molecule has 0 radical (unpaired) electrons. The zero-order valence-electron chi connectivity index (χ0n) is 15.8. The van der Waals surface area contributed by atoms with Crippen LogP contribution in [-0.2, 0) is 9.53 Å². The third kappa shape index (κ3) is 4.46. The van der Waals surface area contributed by atoms with E-state index in [1.807, 2.05) is 12.1 Å². The van der Waals surface area contributed by atoms with Crippen molar-refractivity contribution in [2.75, 3.05) is 7.11 Å². The van der Waals surface area contributed by atoms with Crippen LogP contribution in [0.1, 0.15) is 51.1 Å². The van der Waals surface area contributed by atoms with Crippen LogP contribution in [0.5, 0.6) is 5.75 Å². The van der Waals surface area contributed by atoms with Crippen molar-refractivity contribution < 1.29 is 19.1 Å². The molecular weight excluding hydrogens is 412 g/mol. The predicted octanol–water partition coefficient (Wildman–Crippen LogP) is 4.21. The fourth-order valence-corrected chi connectivity index (χ4v) is 4.34. The molecule has 27 heavy (non-hydrogen) atoms. The van der Waals surface area contributed by atoms with Crippen LogP contribution in [-0.4, -0.2) is 25.2 Å². The number of carbonyl (C=O) groups excluding carboxylic acids is 2. The Morgan fingerprint density at radius 1 is 1.30 bits per heavy atom. The maximum absolute atomic E-state index is 13.0. The van der Waals surface area contributed by atoms with Crippen LogP contribution in [0.2, 0.25) is 0 Å². The second-order valence-electron chi connectivity index (χ2n) is 7.26. The Morgan fingerprint density at radius 3 is 2.74 bits per heavy atom. The Morgan fingerprint density at radius 2 is 2.07 bits per heavy atom. The number of hydrogen-bond donors (Lipinski definition) is 2. The fraction of sp³-hybridized carbons (Fsp3) is 0.500. The van der Waals surface area contributed by atoms with Crippen molar-refractivity contribution >= 4 is 27.9 Å². The van der Waals surface area contributed by atoms with Crippen molar-refractivity contribution in [2.24, 2.45) is 5.92 Å². The quantitative estimate of drug-likeness (QED) is 0.693. The minimum absolute atomic E-state index is 0.0672. The number of amides is 2. The van der Waals surface area contributed by atoms with E-state index in [4.69, 9.17) is 9.47 Å². The summed E-state index contributed by atoms with van der Waals surface area (Å²) < 4.78 is 11.8. The van der Waals surface area contributed by atoms with Crippen LogP contribution in [0.15, 0.2) is 33.9 Å². The molecule has 2 amide bonds. The van der Waals surface area contributed by atoms with Gasteiger partial charge in [0, 0.05) is 5.70 Å². The summed E-state index contributed by atoms with van der Waals surface area (Å²) in [4.78, 5) is 25.0. The lowest BCUT2D eigenvalue weighted by Gasteiger charge is -2.31. The van der Waals surface area contributed by atoms with E-state index in [9.17, 15) is 9.59 Å². The summed E-state index contributed by atoms with van der Waals surface area (Å²) in [5, 5.41) is 5.52. The summed E-state index contributed by atoms with van der Waals surface area (Å²) in [5.74, 6) is 0.861. The van der Waals surface area contributed by atoms with Gasteiger partial charge in [0.15, 0.2) is 0 Å². The minimum Gasteiger partial charge on any atom is -0.496 e. The van der Waals surface area contributed by atoms with Crippen molar-refractivity contribution in [3.63, 3.8) is 0 Å². The van der Waals surface area contributed by atoms with Crippen molar-refractivity contribution in [3.05, 3.63) is 39.5 Å². The van der Waals surface area contributed by atoms with Crippen LogP contribution in [0.3, 0.4) is 0 Å². The highest BCUT2D eigenvalue weighted by atomic mass is 79.9. The number of benzene rings is 1. The number of methoxy groups -OCH3 is 1. The van der Waals surface area contributed by atoms with Crippen LogP contribution < -0.4 is 15.4 Å². The molecule has 0 bridgehead atoms. The van der Waals surface area contributed by atoms with Gasteiger partial charge in [-0.1, -0.05) is 19.4 Å². The maximum Gasteiger partial charge on any atom is 0.338 e. The minimum atomic E-state index is -0.575. The summed E-state index contributed by atoms with van der Waals surface area (Å²) in [6, 6.07) is 4.57. The van der Waals surface area contributed by atoms with Gasteiger partial charge in [0.05, 0.1) is 23.2 Å². The number of ether oxygens (including phenoxy) is 2. The number of carbonyl (C=O) groups is 2. The van der Waals surface area contributed by atoms with E-state index in [1.54, 1.807) is 20.1 Å². The number of nitrogens with one attached hydrogen (secondary N) is 2. The van der Waals surface area contributed by atoms with E-state index in [0.717, 1.165) is 29.3 Å². The maximum atomic E-state index is 13.0. The van der Waals surface area contributed by atoms with Gasteiger partial charge in [0.2, 0.25) is 0 Å². The van der Waals surface area contributed by atoms with Gasteiger partial charge in [0.1, 0.15) is 11.9 Å². The zero-order chi connectivity index (χ0) is 19.6. The molecule has 1 fully saturated rings. The number of allylic oxidation sites excluding steroid dienone is 1. The number of urea groups is 1. The third-order valence-electron chi connectivity index (χ3n) is 5.16. The van der Waals surface area contributed by atoms with Gasteiger partial charge >= 0.3 is 12.0 Å². The van der Waals surface area contributed by atoms with Gasteiger partial charge in [-0.2, -0.15) is 0 Å². The number of esters is 1. The molecular formula is C20H25BrN2O4. The molecule has 6 nitrogen and oxygen atoms in total. The smallest absolute Gasteiger partial charge is 0.338 e. The molecule has 0 spiro atoms. The first-order valence-corrected chi connectivity index (χ1v) is 10.0. The standard InChI is InChI=1S/C20H25BrN2O4/c1-11-5-4-6-14(9-11)27-19(24)17-12(2)22-20(25)23-18(17)13-7-8-16(26-3)15(21)10-13/h7-8,10-11,14,18H,4-6,9H2,1-3H3,(H2,22,23,25)/t11-,14-,18+/m1/s1. The summed E-state index contributed by atoms with van der Waals surface area (Å²) in [6.45, 7) is 3.91. The Balaban J connectivity index is 1.87. The van der Waals surface area contributed by atoms with Gasteiger partial charge in [0.25, 0.3) is 0 Å². The van der Waals surface area contributed by atoms with E-state index in [2.05, 4.69) is 33.5 Å². The monoisotopic (exact) mass is 436 g/mol. The largest absolute Gasteiger partial charge is 0.496 e. The predicted molar refractivity (Wildman–Crippen MR) is 105 cm³/mol. The highest BCUT2D eigenvalue weighted by molar-refractivity contribution is 9.10. The van der Waals surface area contributed by atoms with E-state index >= 15 is 0 Å². The normalized spacial score (nSPS) is 25.5. The van der Waals surface area contributed by atoms with Crippen LogP contribution in [0, 0.1) is 5.92 Å². The topological polar surface area (TPSA) is 76.7 Å². The molecule has 2 aliphatic rings. The first kappa shape index (κ1) is 19.7. The lowest BCUT2D eigenvalue weighted by atomic mass is 9.88. The van der Waals surface area contributed by atoms with Gasteiger partial charge in [-0.3, -0.25) is 0 Å². The van der Waals surface area contributed by atoms with Crippen molar-refractivity contribution in [1.29, 1.82) is 0 Å². The second-order valence-corrected chi connectivity index (χ2v) is 8.12. The number of rotatable bonds is 4. The van der Waals surface area contributed by atoms with Gasteiger partial charge in [-0.25, -0.2) is 9.59 Å². The molecule has 146 valence electrons. The van der Waals surface area contributed by atoms with Crippen LogP contribution >= 0.6 is 15.9 Å². The molecule has 7 heteroatoms. The Bertz CT molecular complexity index is 777. The SMILES string of the molecule is COc1ccc([C@@H]2NC(=O)NC(C)=C2C(=O)O[C@@H]2CCC[C@@H](C)C2)cc1Br. The molecule has 3 rings (SSSR count). The van der Waals surface area contributed by atoms with E-state index in [-0.39, 0.29) is 18.1 Å². The average Bonchev–Trinajstić information content (AvgIpc) is 2.60. The highest BCUT2D eigenvalue weighted by Crippen LogP contribution is 2.34. The Hall–Kier alpha value is -2.02.